The summed E-state index contributed by atoms with van der Waals surface area (Å²) >= 11 is 0. The van der Waals surface area contributed by atoms with E-state index in [1.807, 2.05) is 6.92 Å². The van der Waals surface area contributed by atoms with Crippen LogP contribution in [-0.2, 0) is 19.0 Å². The van der Waals surface area contributed by atoms with Crippen molar-refractivity contribution in [1.29, 1.82) is 0 Å². The highest BCUT2D eigenvalue weighted by atomic mass is 16.7. The summed E-state index contributed by atoms with van der Waals surface area (Å²) in [4.78, 5) is 11.4. The summed E-state index contributed by atoms with van der Waals surface area (Å²) in [6.07, 6.45) is 4.94. The van der Waals surface area contributed by atoms with Crippen LogP contribution in [0.5, 0.6) is 0 Å². The number of cyclic esters (lactones) is 1. The first kappa shape index (κ1) is 11.5. The van der Waals surface area contributed by atoms with Crippen molar-refractivity contribution in [3.8, 4) is 0 Å². The second-order valence-electron chi connectivity index (χ2n) is 5.82. The molecule has 2 heterocycles. The zero-order chi connectivity index (χ0) is 11.9. The van der Waals surface area contributed by atoms with Gasteiger partial charge in [-0.15, -0.1) is 0 Å². The molecule has 2 spiro atoms. The fourth-order valence-corrected chi connectivity index (χ4v) is 3.45. The van der Waals surface area contributed by atoms with E-state index in [1.54, 1.807) is 0 Å². The number of hydrogen-bond acceptors (Lipinski definition) is 4. The Morgan fingerprint density at radius 3 is 2.35 bits per heavy atom. The van der Waals surface area contributed by atoms with Gasteiger partial charge in [-0.25, -0.2) is 0 Å². The summed E-state index contributed by atoms with van der Waals surface area (Å²) in [5, 5.41) is 0. The molecule has 1 atom stereocenters. The third-order valence-corrected chi connectivity index (χ3v) is 4.55. The van der Waals surface area contributed by atoms with Crippen LogP contribution in [0, 0.1) is 11.3 Å². The van der Waals surface area contributed by atoms with Crippen LogP contribution in [0.1, 0.15) is 39.0 Å². The molecule has 96 valence electrons. The first-order valence-corrected chi connectivity index (χ1v) is 6.58. The lowest BCUT2D eigenvalue weighted by molar-refractivity contribution is -0.204. The van der Waals surface area contributed by atoms with Crippen LogP contribution in [0.15, 0.2) is 0 Å². The predicted octanol–water partition coefficient (Wildman–Crippen LogP) is 1.87. The van der Waals surface area contributed by atoms with E-state index in [2.05, 4.69) is 0 Å². The molecule has 3 rings (SSSR count). The summed E-state index contributed by atoms with van der Waals surface area (Å²) in [6.45, 7) is 4.00. The highest BCUT2D eigenvalue weighted by Gasteiger charge is 2.49. The number of rotatable bonds is 0. The molecule has 0 radical (unpaired) electrons. The van der Waals surface area contributed by atoms with E-state index in [1.165, 1.54) is 0 Å². The maximum absolute atomic E-state index is 11.4. The number of esters is 1. The van der Waals surface area contributed by atoms with Gasteiger partial charge >= 0.3 is 5.97 Å². The second kappa shape index (κ2) is 3.95. The van der Waals surface area contributed by atoms with Crippen molar-refractivity contribution < 1.29 is 19.0 Å². The lowest BCUT2D eigenvalue weighted by Gasteiger charge is -2.46. The zero-order valence-electron chi connectivity index (χ0n) is 10.4. The molecule has 0 bridgehead atoms. The Kier molecular flexibility index (Phi) is 2.67. The molecule has 1 aliphatic carbocycles. The molecule has 2 aliphatic heterocycles. The van der Waals surface area contributed by atoms with Crippen molar-refractivity contribution in [2.45, 2.75) is 44.8 Å². The van der Waals surface area contributed by atoms with E-state index in [0.717, 1.165) is 45.3 Å². The molecule has 4 heteroatoms. The van der Waals surface area contributed by atoms with Gasteiger partial charge in [-0.3, -0.25) is 4.79 Å². The zero-order valence-corrected chi connectivity index (χ0v) is 10.4. The van der Waals surface area contributed by atoms with Crippen molar-refractivity contribution >= 4 is 5.97 Å². The second-order valence-corrected chi connectivity index (χ2v) is 5.82. The molecule has 2 saturated heterocycles. The molecule has 0 aromatic heterocycles. The molecule has 0 aromatic carbocycles. The molecule has 0 amide bonds. The Bertz CT molecular complexity index is 309. The topological polar surface area (TPSA) is 44.8 Å². The Balaban J connectivity index is 1.65. The first-order valence-electron chi connectivity index (χ1n) is 6.58. The SMILES string of the molecule is CC1CC2(CCC3(CC2)OCCO3)COC1=O. The Morgan fingerprint density at radius 1 is 1.12 bits per heavy atom. The van der Waals surface area contributed by atoms with Gasteiger partial charge in [-0.1, -0.05) is 6.92 Å². The Morgan fingerprint density at radius 2 is 1.76 bits per heavy atom. The van der Waals surface area contributed by atoms with Crippen molar-refractivity contribution in [3.05, 3.63) is 0 Å². The van der Waals surface area contributed by atoms with E-state index in [0.29, 0.717) is 6.61 Å². The molecule has 17 heavy (non-hydrogen) atoms. The molecule has 3 aliphatic rings. The lowest BCUT2D eigenvalue weighted by atomic mass is 9.67. The van der Waals surface area contributed by atoms with Gasteiger partial charge in [-0.2, -0.15) is 0 Å². The summed E-state index contributed by atoms with van der Waals surface area (Å²) in [5.41, 5.74) is 0.188. The first-order chi connectivity index (χ1) is 8.13. The Labute approximate surface area is 102 Å². The van der Waals surface area contributed by atoms with Gasteiger partial charge in [0.1, 0.15) is 0 Å². The highest BCUT2D eigenvalue weighted by molar-refractivity contribution is 5.72. The number of ether oxygens (including phenoxy) is 3. The number of hydrogen-bond donors (Lipinski definition) is 0. The summed E-state index contributed by atoms with van der Waals surface area (Å²) in [6, 6.07) is 0. The maximum atomic E-state index is 11.4. The molecule has 4 nitrogen and oxygen atoms in total. The van der Waals surface area contributed by atoms with Crippen molar-refractivity contribution in [2.75, 3.05) is 19.8 Å². The summed E-state index contributed by atoms with van der Waals surface area (Å²) in [5.74, 6) is -0.303. The number of carbonyl (C=O) groups excluding carboxylic acids is 1. The van der Waals surface area contributed by atoms with Gasteiger partial charge in [0.25, 0.3) is 0 Å². The van der Waals surface area contributed by atoms with Crippen LogP contribution in [0.3, 0.4) is 0 Å². The maximum Gasteiger partial charge on any atom is 0.308 e. The van der Waals surface area contributed by atoms with Crippen LogP contribution in [0.4, 0.5) is 0 Å². The van der Waals surface area contributed by atoms with Gasteiger partial charge < -0.3 is 14.2 Å². The van der Waals surface area contributed by atoms with Gasteiger partial charge in [0.15, 0.2) is 5.79 Å². The lowest BCUT2D eigenvalue weighted by Crippen LogP contribution is -2.46. The molecular formula is C13H20O4. The molecule has 0 N–H and O–H groups in total. The fourth-order valence-electron chi connectivity index (χ4n) is 3.45. The van der Waals surface area contributed by atoms with Gasteiger partial charge in [0.05, 0.1) is 25.7 Å². The van der Waals surface area contributed by atoms with E-state index in [4.69, 9.17) is 14.2 Å². The summed E-state index contributed by atoms with van der Waals surface area (Å²) < 4.78 is 16.8. The molecular weight excluding hydrogens is 220 g/mol. The number of carbonyl (C=O) groups is 1. The third-order valence-electron chi connectivity index (χ3n) is 4.55. The minimum absolute atomic E-state index is 0.0377. The largest absolute Gasteiger partial charge is 0.465 e. The van der Waals surface area contributed by atoms with Crippen LogP contribution < -0.4 is 0 Å². The Hall–Kier alpha value is -0.610. The predicted molar refractivity (Wildman–Crippen MR) is 60.3 cm³/mol. The smallest absolute Gasteiger partial charge is 0.308 e. The summed E-state index contributed by atoms with van der Waals surface area (Å²) in [7, 11) is 0. The highest BCUT2D eigenvalue weighted by Crippen LogP contribution is 2.49. The van der Waals surface area contributed by atoms with Gasteiger partial charge in [0.2, 0.25) is 0 Å². The molecule has 3 fully saturated rings. The van der Waals surface area contributed by atoms with Crippen molar-refractivity contribution in [1.82, 2.24) is 0 Å². The molecule has 0 aromatic rings. The van der Waals surface area contributed by atoms with Crippen molar-refractivity contribution in [3.63, 3.8) is 0 Å². The average molecular weight is 240 g/mol. The third kappa shape index (κ3) is 1.97. The quantitative estimate of drug-likeness (QED) is 0.606. The van der Waals surface area contributed by atoms with Crippen LogP contribution in [-0.4, -0.2) is 31.6 Å². The van der Waals surface area contributed by atoms with E-state index in [-0.39, 0.29) is 23.1 Å². The van der Waals surface area contributed by atoms with Crippen LogP contribution >= 0.6 is 0 Å². The standard InChI is InChI=1S/C13H20O4/c1-10-8-12(9-15-11(10)14)2-4-13(5-3-12)16-6-7-17-13/h10H,2-9H2,1H3. The monoisotopic (exact) mass is 240 g/mol. The van der Waals surface area contributed by atoms with E-state index >= 15 is 0 Å². The van der Waals surface area contributed by atoms with Crippen LogP contribution in [0.25, 0.3) is 0 Å². The molecule has 1 saturated carbocycles. The van der Waals surface area contributed by atoms with Crippen molar-refractivity contribution in [2.24, 2.45) is 11.3 Å². The average Bonchev–Trinajstić information content (AvgIpc) is 2.78. The fraction of sp³-hybridized carbons (Fsp3) is 0.923. The minimum Gasteiger partial charge on any atom is -0.465 e. The minimum atomic E-state index is -0.310. The van der Waals surface area contributed by atoms with Crippen LogP contribution in [0.2, 0.25) is 0 Å². The molecule has 1 unspecified atom stereocenters. The van der Waals surface area contributed by atoms with E-state index in [9.17, 15) is 4.79 Å². The normalized spacial score (nSPS) is 35.1. The van der Waals surface area contributed by atoms with E-state index < -0.39 is 0 Å². The van der Waals surface area contributed by atoms with Gasteiger partial charge in [0, 0.05) is 18.3 Å². The van der Waals surface area contributed by atoms with Gasteiger partial charge in [-0.05, 0) is 19.3 Å².